The summed E-state index contributed by atoms with van der Waals surface area (Å²) in [5.41, 5.74) is 6.80. The molecular weight excluding hydrogens is 827 g/mol. The van der Waals surface area contributed by atoms with Crippen LogP contribution in [0.4, 0.5) is 0 Å². The number of hydrogen-bond acceptors (Lipinski definition) is 11. The quantitative estimate of drug-likeness (QED) is 0.124. The molecule has 3 fully saturated rings. The summed E-state index contributed by atoms with van der Waals surface area (Å²) in [5, 5.41) is 9.97. The third-order valence-corrected chi connectivity index (χ3v) is 13.7. The Labute approximate surface area is 377 Å². The number of carbonyl (C=O) groups is 3. The number of hydrogen-bond donors (Lipinski definition) is 2. The van der Waals surface area contributed by atoms with Crippen molar-refractivity contribution in [1.82, 2.24) is 30.2 Å². The Morgan fingerprint density at radius 2 is 1.68 bits per heavy atom. The van der Waals surface area contributed by atoms with Crippen LogP contribution >= 0.6 is 0 Å². The smallest absolute Gasteiger partial charge is 0.255 e. The van der Waals surface area contributed by atoms with E-state index in [1.54, 1.807) is 19.2 Å². The number of hydrazone groups is 1. The molecule has 5 aromatic rings. The number of amides is 3. The first kappa shape index (κ1) is 42.3. The molecule has 3 aliphatic heterocycles. The molecule has 2 N–H and O–H groups in total. The standard InChI is InChI=1S/C50H55N7O8/c1-28-8-7-9-31(22-28)23-36(54-48(58)41-29(2)53-46-44(41)51-26-52-45(46)42-38(63-25-30-12-13-30)16-17-39-47(42)65-27-64-39)50(60)56-20-18-33(19-21-56)57-49(59)35-11-6-5-10-34(35)43(55-57)32-14-15-37(61-3)40(24-32)62-4/h7-9,14-17,22,24,26,30,33-36,53H,5-6,10-13,18-21,23,25,27H2,1-4H3,(H,54,58)/t34-,35+,36-/m0/s1. The highest BCUT2D eigenvalue weighted by molar-refractivity contribution is 6.11. The Morgan fingerprint density at radius 3 is 2.45 bits per heavy atom. The number of H-pyrrole nitrogens is 1. The van der Waals surface area contributed by atoms with E-state index < -0.39 is 11.9 Å². The number of carbonyl (C=O) groups excluding carboxylic acids is 3. The molecule has 0 unspecified atom stereocenters. The topological polar surface area (TPSA) is 170 Å². The van der Waals surface area contributed by atoms with Gasteiger partial charge in [-0.05, 0) is 94.2 Å². The maximum absolute atomic E-state index is 14.7. The molecule has 65 heavy (non-hydrogen) atoms. The van der Waals surface area contributed by atoms with Gasteiger partial charge in [0.05, 0.1) is 49.2 Å². The number of aromatic amines is 1. The Hall–Kier alpha value is -6.64. The summed E-state index contributed by atoms with van der Waals surface area (Å²) in [5.74, 6) is 2.82. The zero-order valence-electron chi connectivity index (χ0n) is 37.4. The van der Waals surface area contributed by atoms with Crippen LogP contribution in [0.5, 0.6) is 28.7 Å². The van der Waals surface area contributed by atoms with Gasteiger partial charge < -0.3 is 38.9 Å². The normalized spacial score (nSPS) is 20.0. The molecule has 0 bridgehead atoms. The number of aryl methyl sites for hydroxylation is 2. The number of methoxy groups -OCH3 is 2. The predicted octanol–water partition coefficient (Wildman–Crippen LogP) is 7.16. The van der Waals surface area contributed by atoms with Crippen LogP contribution in [-0.2, 0) is 16.0 Å². The number of nitrogens with one attached hydrogen (secondary N) is 2. The highest BCUT2D eigenvalue weighted by Crippen LogP contribution is 2.49. The maximum atomic E-state index is 14.7. The molecule has 3 atom stereocenters. The van der Waals surface area contributed by atoms with Gasteiger partial charge in [0.1, 0.15) is 29.3 Å². The van der Waals surface area contributed by atoms with Gasteiger partial charge in [0.2, 0.25) is 18.6 Å². The second kappa shape index (κ2) is 17.7. The monoisotopic (exact) mass is 881 g/mol. The molecule has 5 heterocycles. The van der Waals surface area contributed by atoms with E-state index in [1.807, 2.05) is 73.3 Å². The van der Waals surface area contributed by atoms with Crippen molar-refractivity contribution in [3.8, 4) is 40.0 Å². The predicted molar refractivity (Wildman–Crippen MR) is 243 cm³/mol. The molecule has 338 valence electrons. The first-order valence-corrected chi connectivity index (χ1v) is 22.9. The maximum Gasteiger partial charge on any atom is 0.255 e. The summed E-state index contributed by atoms with van der Waals surface area (Å²) in [6.45, 7) is 5.29. The third kappa shape index (κ3) is 8.21. The van der Waals surface area contributed by atoms with Crippen molar-refractivity contribution in [2.75, 3.05) is 40.7 Å². The Bertz CT molecular complexity index is 2690. The van der Waals surface area contributed by atoms with Crippen LogP contribution < -0.4 is 29.0 Å². The van der Waals surface area contributed by atoms with Crippen molar-refractivity contribution in [3.05, 3.63) is 88.9 Å². The van der Waals surface area contributed by atoms with E-state index in [4.69, 9.17) is 33.8 Å². The summed E-state index contributed by atoms with van der Waals surface area (Å²) in [4.78, 5) is 58.1. The summed E-state index contributed by atoms with van der Waals surface area (Å²) < 4.78 is 29.2. The highest BCUT2D eigenvalue weighted by Gasteiger charge is 2.44. The second-order valence-corrected chi connectivity index (χ2v) is 18.0. The molecule has 3 amide bonds. The van der Waals surface area contributed by atoms with E-state index in [-0.39, 0.29) is 42.9 Å². The molecular formula is C50H55N7O8. The Morgan fingerprint density at radius 1 is 0.892 bits per heavy atom. The average Bonchev–Trinajstić information content (AvgIpc) is 3.92. The molecule has 3 aromatic carbocycles. The van der Waals surface area contributed by atoms with Crippen LogP contribution in [0.1, 0.15) is 84.1 Å². The van der Waals surface area contributed by atoms with E-state index in [0.717, 1.165) is 60.9 Å². The van der Waals surface area contributed by atoms with Gasteiger partial charge in [-0.2, -0.15) is 5.10 Å². The van der Waals surface area contributed by atoms with E-state index in [2.05, 4.69) is 15.3 Å². The van der Waals surface area contributed by atoms with Gasteiger partial charge in [0.25, 0.3) is 5.91 Å². The number of fused-ring (bicyclic) bond motifs is 3. The lowest BCUT2D eigenvalue weighted by molar-refractivity contribution is -0.143. The van der Waals surface area contributed by atoms with Crippen LogP contribution in [0.2, 0.25) is 0 Å². The number of nitrogens with zero attached hydrogens (tertiary/aromatic N) is 5. The number of ether oxygens (including phenoxy) is 5. The van der Waals surface area contributed by atoms with E-state index >= 15 is 0 Å². The summed E-state index contributed by atoms with van der Waals surface area (Å²) in [7, 11) is 3.23. The fraction of sp³-hybridized carbons (Fsp3) is 0.440. The van der Waals surface area contributed by atoms with Crippen LogP contribution in [0.15, 0.2) is 66.0 Å². The fourth-order valence-electron chi connectivity index (χ4n) is 10.1. The number of rotatable bonds is 13. The van der Waals surface area contributed by atoms with Gasteiger partial charge in [0, 0.05) is 42.6 Å². The van der Waals surface area contributed by atoms with E-state index in [1.165, 1.54) is 6.33 Å². The van der Waals surface area contributed by atoms with Gasteiger partial charge in [0.15, 0.2) is 23.0 Å². The van der Waals surface area contributed by atoms with Crippen molar-refractivity contribution in [2.45, 2.75) is 83.7 Å². The van der Waals surface area contributed by atoms with Gasteiger partial charge in [-0.25, -0.2) is 15.0 Å². The van der Waals surface area contributed by atoms with Gasteiger partial charge >= 0.3 is 0 Å². The second-order valence-electron chi connectivity index (χ2n) is 18.0. The Kier molecular flexibility index (Phi) is 11.5. The van der Waals surface area contributed by atoms with Crippen LogP contribution in [0, 0.1) is 31.6 Å². The molecule has 5 aliphatic rings. The van der Waals surface area contributed by atoms with Gasteiger partial charge in [-0.1, -0.05) is 42.7 Å². The molecule has 2 saturated carbocycles. The lowest BCUT2D eigenvalue weighted by Gasteiger charge is -2.43. The Balaban J connectivity index is 0.909. The molecule has 2 aromatic heterocycles. The van der Waals surface area contributed by atoms with Crippen LogP contribution in [0.3, 0.4) is 0 Å². The van der Waals surface area contributed by atoms with Crippen molar-refractivity contribution in [3.63, 3.8) is 0 Å². The summed E-state index contributed by atoms with van der Waals surface area (Å²) in [6.07, 6.45) is 8.87. The molecule has 1 saturated heterocycles. The van der Waals surface area contributed by atoms with Crippen molar-refractivity contribution in [2.24, 2.45) is 22.9 Å². The summed E-state index contributed by atoms with van der Waals surface area (Å²) in [6, 6.07) is 16.5. The zero-order valence-corrected chi connectivity index (χ0v) is 37.4. The molecule has 2 aliphatic carbocycles. The average molecular weight is 882 g/mol. The summed E-state index contributed by atoms with van der Waals surface area (Å²) >= 11 is 0. The first-order valence-electron chi connectivity index (χ1n) is 22.9. The molecule has 0 spiro atoms. The third-order valence-electron chi connectivity index (χ3n) is 13.7. The molecule has 10 rings (SSSR count). The lowest BCUT2D eigenvalue weighted by Crippen LogP contribution is -2.56. The van der Waals surface area contributed by atoms with E-state index in [0.29, 0.717) is 101 Å². The number of aromatic nitrogens is 3. The number of piperidine rings is 1. The SMILES string of the molecule is COc1ccc(C2=NN(C3CCN(C(=O)[C@H](Cc4cccc(C)c4)NC(=O)c4c(C)[nH]c5c(-c6c(OCC7CC7)ccc7c6OCO7)ncnc45)CC3)C(=O)[C@@H]3CCCC[C@H]23)cc1OC. The first-order chi connectivity index (χ1) is 31.7. The highest BCUT2D eigenvalue weighted by atomic mass is 16.7. The number of benzene rings is 3. The number of likely N-dealkylation sites (tertiary alicyclic amines) is 1. The van der Waals surface area contributed by atoms with Crippen molar-refractivity contribution in [1.29, 1.82) is 0 Å². The van der Waals surface area contributed by atoms with Gasteiger partial charge in [-0.15, -0.1) is 0 Å². The van der Waals surface area contributed by atoms with Crippen LogP contribution in [-0.4, -0.2) is 101 Å². The van der Waals surface area contributed by atoms with Crippen LogP contribution in [0.25, 0.3) is 22.3 Å². The van der Waals surface area contributed by atoms with E-state index in [9.17, 15) is 14.4 Å². The zero-order chi connectivity index (χ0) is 44.8. The largest absolute Gasteiger partial charge is 0.493 e. The minimum atomic E-state index is -0.883. The fourth-order valence-corrected chi connectivity index (χ4v) is 10.1. The molecule has 0 radical (unpaired) electrons. The lowest BCUT2D eigenvalue weighted by atomic mass is 9.73. The minimum absolute atomic E-state index is 0.0307. The minimum Gasteiger partial charge on any atom is -0.493 e. The van der Waals surface area contributed by atoms with Gasteiger partial charge in [-0.3, -0.25) is 14.4 Å². The molecule has 15 nitrogen and oxygen atoms in total. The van der Waals surface area contributed by atoms with Crippen molar-refractivity contribution < 1.29 is 38.1 Å². The molecule has 15 heteroatoms. The van der Waals surface area contributed by atoms with Crippen molar-refractivity contribution >= 4 is 34.5 Å².